The predicted octanol–water partition coefficient (Wildman–Crippen LogP) is 7.62. The van der Waals surface area contributed by atoms with Crippen LogP contribution in [-0.4, -0.2) is 78.0 Å². The summed E-state index contributed by atoms with van der Waals surface area (Å²) in [7, 11) is 2.08. The smallest absolute Gasteiger partial charge is 0.262 e. The number of hydrogen-bond acceptors (Lipinski definition) is 9. The lowest BCUT2D eigenvalue weighted by atomic mass is 10.00. The summed E-state index contributed by atoms with van der Waals surface area (Å²) in [6.07, 6.45) is 3.50. The Labute approximate surface area is 299 Å². The number of likely N-dealkylation sites (tertiary alicyclic amines) is 1. The van der Waals surface area contributed by atoms with Crippen molar-refractivity contribution in [2.45, 2.75) is 47.5 Å². The number of carbonyl (C=O) groups is 2. The summed E-state index contributed by atoms with van der Waals surface area (Å²) in [5, 5.41) is 5.98. The van der Waals surface area contributed by atoms with Crippen LogP contribution >= 0.6 is 0 Å². The maximum atomic E-state index is 15.2. The molecule has 1 unspecified atom stereocenters. The molecule has 51 heavy (non-hydrogen) atoms. The van der Waals surface area contributed by atoms with E-state index in [1.165, 1.54) is 12.3 Å². The van der Waals surface area contributed by atoms with E-state index in [-0.39, 0.29) is 34.8 Å². The summed E-state index contributed by atoms with van der Waals surface area (Å²) in [5.74, 6) is -0.0826. The Hall–Kier alpha value is -5.23. The number of aryl methyl sites for hydroxylation is 2. The van der Waals surface area contributed by atoms with Crippen molar-refractivity contribution >= 4 is 29.1 Å². The third kappa shape index (κ3) is 9.31. The molecule has 0 bridgehead atoms. The molecule has 0 spiro atoms. The van der Waals surface area contributed by atoms with Crippen molar-refractivity contribution in [3.05, 3.63) is 88.9 Å². The summed E-state index contributed by atoms with van der Waals surface area (Å²) in [4.78, 5) is 39.7. The Kier molecular flexibility index (Phi) is 12.4. The minimum atomic E-state index is -0.522. The Balaban J connectivity index is 1.43. The molecule has 0 radical (unpaired) electrons. The van der Waals surface area contributed by atoms with Crippen LogP contribution in [0.3, 0.4) is 0 Å². The number of rotatable bonds is 14. The first-order valence-corrected chi connectivity index (χ1v) is 17.5. The molecule has 0 aliphatic carbocycles. The van der Waals surface area contributed by atoms with Gasteiger partial charge in [-0.15, -0.1) is 0 Å². The molecule has 0 saturated carbocycles. The second kappa shape index (κ2) is 17.1. The van der Waals surface area contributed by atoms with Gasteiger partial charge in [0, 0.05) is 54.8 Å². The van der Waals surface area contributed by atoms with Gasteiger partial charge < -0.3 is 34.6 Å². The molecular weight excluding hydrogens is 651 g/mol. The van der Waals surface area contributed by atoms with Gasteiger partial charge in [0.05, 0.1) is 13.2 Å². The standard InChI is InChI=1S/C39H47FN6O5/c1-7-46(8-2)38(48)28-15-17-33(34(20-28)49-9-3)51-37-30(36(47)43-35-25(4)12-10-13-26(35)5)22-41-39(44-37)42-29-16-18-32(31(40)21-29)50-24-27-14-11-19-45(6)23-27/h10,12-13,15-18,20-22,27H,7-9,11,14,19,23-24H2,1-6H3,(H,43,47)(H,41,42,44). The number of hydrogen-bond donors (Lipinski definition) is 2. The molecule has 4 aromatic rings. The number of halogens is 1. The van der Waals surface area contributed by atoms with Gasteiger partial charge in [0.2, 0.25) is 11.8 Å². The number of ether oxygens (including phenoxy) is 3. The van der Waals surface area contributed by atoms with Crippen LogP contribution in [0.2, 0.25) is 0 Å². The molecule has 1 aromatic heterocycles. The molecule has 1 aliphatic heterocycles. The number of amides is 2. The first-order chi connectivity index (χ1) is 24.6. The third-order valence-corrected chi connectivity index (χ3v) is 8.85. The van der Waals surface area contributed by atoms with Gasteiger partial charge in [-0.25, -0.2) is 9.37 Å². The van der Waals surface area contributed by atoms with Gasteiger partial charge in [-0.05, 0) is 103 Å². The van der Waals surface area contributed by atoms with E-state index in [0.29, 0.717) is 54.9 Å². The Morgan fingerprint density at radius 3 is 2.41 bits per heavy atom. The average molecular weight is 699 g/mol. The van der Waals surface area contributed by atoms with E-state index >= 15 is 4.39 Å². The van der Waals surface area contributed by atoms with Crippen LogP contribution in [-0.2, 0) is 0 Å². The van der Waals surface area contributed by atoms with Crippen LogP contribution < -0.4 is 24.8 Å². The first kappa shape index (κ1) is 37.0. The van der Waals surface area contributed by atoms with E-state index in [1.807, 2.05) is 52.8 Å². The largest absolute Gasteiger partial charge is 0.490 e. The highest BCUT2D eigenvalue weighted by Crippen LogP contribution is 2.35. The maximum absolute atomic E-state index is 15.2. The topological polar surface area (TPSA) is 118 Å². The summed E-state index contributed by atoms with van der Waals surface area (Å²) in [6, 6.07) is 15.2. The molecular formula is C39H47FN6O5. The molecule has 5 rings (SSSR count). The lowest BCUT2D eigenvalue weighted by Gasteiger charge is -2.29. The molecule has 3 aromatic carbocycles. The van der Waals surface area contributed by atoms with Crippen molar-refractivity contribution in [3.63, 3.8) is 0 Å². The first-order valence-electron chi connectivity index (χ1n) is 17.5. The quantitative estimate of drug-likeness (QED) is 0.137. The van der Waals surface area contributed by atoms with E-state index in [9.17, 15) is 9.59 Å². The average Bonchev–Trinajstić information content (AvgIpc) is 3.11. The third-order valence-electron chi connectivity index (χ3n) is 8.85. The van der Waals surface area contributed by atoms with Gasteiger partial charge in [-0.1, -0.05) is 18.2 Å². The minimum absolute atomic E-state index is 0.0530. The van der Waals surface area contributed by atoms with Crippen molar-refractivity contribution in [2.24, 2.45) is 5.92 Å². The second-order valence-electron chi connectivity index (χ2n) is 12.7. The van der Waals surface area contributed by atoms with Gasteiger partial charge in [0.25, 0.3) is 11.8 Å². The van der Waals surface area contributed by atoms with Crippen LogP contribution in [0.25, 0.3) is 0 Å². The highest BCUT2D eigenvalue weighted by atomic mass is 19.1. The molecule has 1 saturated heterocycles. The number of nitrogens with one attached hydrogen (secondary N) is 2. The van der Waals surface area contributed by atoms with E-state index in [2.05, 4.69) is 32.5 Å². The van der Waals surface area contributed by atoms with Crippen molar-refractivity contribution in [1.82, 2.24) is 19.8 Å². The zero-order chi connectivity index (χ0) is 36.5. The molecule has 2 N–H and O–H groups in total. The normalized spacial score (nSPS) is 14.5. The SMILES string of the molecule is CCOc1cc(C(=O)N(CC)CC)ccc1Oc1nc(Nc2ccc(OCC3CCCN(C)C3)c(F)c2)ncc1C(=O)Nc1c(C)cccc1C. The molecule has 270 valence electrons. The number of piperidine rings is 1. The molecule has 2 heterocycles. The van der Waals surface area contributed by atoms with Crippen LogP contribution in [0.5, 0.6) is 23.1 Å². The monoisotopic (exact) mass is 698 g/mol. The van der Waals surface area contributed by atoms with Crippen LogP contribution in [0.1, 0.15) is 65.5 Å². The van der Waals surface area contributed by atoms with Crippen LogP contribution in [0.15, 0.2) is 60.8 Å². The number of benzene rings is 3. The van der Waals surface area contributed by atoms with Gasteiger partial charge >= 0.3 is 0 Å². The molecule has 12 heteroatoms. The Morgan fingerprint density at radius 1 is 0.980 bits per heavy atom. The van der Waals surface area contributed by atoms with Gasteiger partial charge in [0.15, 0.2) is 23.1 Å². The van der Waals surface area contributed by atoms with Crippen molar-refractivity contribution < 1.29 is 28.2 Å². The predicted molar refractivity (Wildman–Crippen MR) is 196 cm³/mol. The molecule has 1 fully saturated rings. The Bertz CT molecular complexity index is 1830. The number of aromatic nitrogens is 2. The fourth-order valence-electron chi connectivity index (χ4n) is 6.09. The van der Waals surface area contributed by atoms with Crippen molar-refractivity contribution in [2.75, 3.05) is 57.1 Å². The molecule has 1 atom stereocenters. The summed E-state index contributed by atoms with van der Waals surface area (Å²) in [6.45, 7) is 13.3. The van der Waals surface area contributed by atoms with Gasteiger partial charge in [-0.2, -0.15) is 4.98 Å². The lowest BCUT2D eigenvalue weighted by Crippen LogP contribution is -2.34. The summed E-state index contributed by atoms with van der Waals surface area (Å²) < 4.78 is 33.2. The Morgan fingerprint density at radius 2 is 1.73 bits per heavy atom. The highest BCUT2D eigenvalue weighted by molar-refractivity contribution is 6.06. The number of carbonyl (C=O) groups excluding carboxylic acids is 2. The van der Waals surface area contributed by atoms with Crippen LogP contribution in [0.4, 0.5) is 21.7 Å². The number of nitrogens with zero attached hydrogens (tertiary/aromatic N) is 4. The summed E-state index contributed by atoms with van der Waals surface area (Å²) >= 11 is 0. The lowest BCUT2D eigenvalue weighted by molar-refractivity contribution is 0.0772. The van der Waals surface area contributed by atoms with Crippen LogP contribution in [0, 0.1) is 25.6 Å². The zero-order valence-corrected chi connectivity index (χ0v) is 30.2. The van der Waals surface area contributed by atoms with Gasteiger partial charge in [-0.3, -0.25) is 9.59 Å². The zero-order valence-electron chi connectivity index (χ0n) is 30.2. The maximum Gasteiger partial charge on any atom is 0.262 e. The number of anilines is 3. The van der Waals surface area contributed by atoms with E-state index < -0.39 is 11.7 Å². The van der Waals surface area contributed by atoms with Gasteiger partial charge in [0.1, 0.15) is 5.56 Å². The second-order valence-corrected chi connectivity index (χ2v) is 12.7. The van der Waals surface area contributed by atoms with Crippen molar-refractivity contribution in [3.8, 4) is 23.1 Å². The van der Waals surface area contributed by atoms with E-state index in [0.717, 1.165) is 37.1 Å². The van der Waals surface area contributed by atoms with E-state index in [4.69, 9.17) is 14.2 Å². The van der Waals surface area contributed by atoms with E-state index in [1.54, 1.807) is 35.2 Å². The molecule has 1 aliphatic rings. The highest BCUT2D eigenvalue weighted by Gasteiger charge is 2.23. The summed E-state index contributed by atoms with van der Waals surface area (Å²) in [5.41, 5.74) is 3.31. The minimum Gasteiger partial charge on any atom is -0.490 e. The fraction of sp³-hybridized carbons (Fsp3) is 0.385. The number of para-hydroxylation sites is 1. The fourth-order valence-corrected chi connectivity index (χ4v) is 6.09. The molecule has 2 amide bonds. The molecule has 11 nitrogen and oxygen atoms in total. The van der Waals surface area contributed by atoms with Crippen molar-refractivity contribution in [1.29, 1.82) is 0 Å².